The summed E-state index contributed by atoms with van der Waals surface area (Å²) in [4.78, 5) is 0. The highest BCUT2D eigenvalue weighted by Gasteiger charge is 2.76. The molecular formula is C11H12F10O3. The fourth-order valence-electron chi connectivity index (χ4n) is 1.91. The van der Waals surface area contributed by atoms with Crippen LogP contribution < -0.4 is 0 Å². The van der Waals surface area contributed by atoms with Crippen LogP contribution in [0.5, 0.6) is 0 Å². The van der Waals surface area contributed by atoms with Crippen molar-refractivity contribution in [1.29, 1.82) is 0 Å². The average molecular weight is 382 g/mol. The maximum Gasteiger partial charge on any atom is 0.462 e. The predicted octanol–water partition coefficient (Wildman–Crippen LogP) is 4.26. The summed E-state index contributed by atoms with van der Waals surface area (Å²) in [5, 5.41) is 0. The Morgan fingerprint density at radius 3 is 1.71 bits per heavy atom. The first kappa shape index (κ1) is 21.2. The zero-order chi connectivity index (χ0) is 19.4. The van der Waals surface area contributed by atoms with Crippen molar-refractivity contribution in [1.82, 2.24) is 0 Å². The molecule has 1 aliphatic rings. The van der Waals surface area contributed by atoms with Crippen molar-refractivity contribution in [3.8, 4) is 0 Å². The molecule has 1 heterocycles. The van der Waals surface area contributed by atoms with E-state index in [2.05, 4.69) is 9.47 Å². The van der Waals surface area contributed by atoms with Crippen molar-refractivity contribution in [3.63, 3.8) is 0 Å². The predicted molar refractivity (Wildman–Crippen MR) is 56.4 cm³/mol. The molecule has 1 fully saturated rings. The van der Waals surface area contributed by atoms with E-state index in [1.165, 1.54) is 0 Å². The van der Waals surface area contributed by atoms with Gasteiger partial charge in [0.05, 0.1) is 6.10 Å². The molecule has 0 aliphatic carbocycles. The second kappa shape index (κ2) is 5.87. The minimum absolute atomic E-state index is 0.933. The molecule has 3 nitrogen and oxygen atoms in total. The van der Waals surface area contributed by atoms with Crippen LogP contribution in [0.15, 0.2) is 0 Å². The Kier molecular flexibility index (Phi) is 5.19. The highest BCUT2D eigenvalue weighted by atomic mass is 19.4. The SMILES string of the molecule is CC1OC(C)(C)OC1C(F)(F)C(F)OC(F)(F)C(F)(F)C(F)(F)F. The Labute approximate surface area is 128 Å². The second-order valence-electron chi connectivity index (χ2n) is 5.46. The van der Waals surface area contributed by atoms with Crippen LogP contribution in [-0.4, -0.2) is 48.5 Å². The van der Waals surface area contributed by atoms with Gasteiger partial charge in [-0.1, -0.05) is 0 Å². The van der Waals surface area contributed by atoms with Gasteiger partial charge in [0, 0.05) is 0 Å². The van der Waals surface area contributed by atoms with Gasteiger partial charge in [0.2, 0.25) is 0 Å². The average Bonchev–Trinajstić information content (AvgIpc) is 2.61. The van der Waals surface area contributed by atoms with Crippen molar-refractivity contribution in [2.24, 2.45) is 0 Å². The minimum Gasteiger partial charge on any atom is -0.345 e. The summed E-state index contributed by atoms with van der Waals surface area (Å²) in [5.41, 5.74) is 0. The van der Waals surface area contributed by atoms with Gasteiger partial charge in [-0.3, -0.25) is 4.74 Å². The summed E-state index contributed by atoms with van der Waals surface area (Å²) in [7, 11) is 0. The van der Waals surface area contributed by atoms with Crippen LogP contribution in [0.25, 0.3) is 0 Å². The van der Waals surface area contributed by atoms with E-state index in [-0.39, 0.29) is 0 Å². The van der Waals surface area contributed by atoms with Crippen LogP contribution in [0.2, 0.25) is 0 Å². The van der Waals surface area contributed by atoms with Gasteiger partial charge in [-0.05, 0) is 20.8 Å². The summed E-state index contributed by atoms with van der Waals surface area (Å²) < 4.78 is 139. The van der Waals surface area contributed by atoms with E-state index in [0.717, 1.165) is 20.8 Å². The van der Waals surface area contributed by atoms with Crippen LogP contribution in [0, 0.1) is 0 Å². The first-order valence-corrected chi connectivity index (χ1v) is 6.23. The molecule has 0 aromatic carbocycles. The zero-order valence-corrected chi connectivity index (χ0v) is 12.2. The van der Waals surface area contributed by atoms with Crippen LogP contribution in [0.3, 0.4) is 0 Å². The van der Waals surface area contributed by atoms with E-state index >= 15 is 0 Å². The summed E-state index contributed by atoms with van der Waals surface area (Å²) >= 11 is 0. The molecule has 0 amide bonds. The molecule has 3 atom stereocenters. The zero-order valence-electron chi connectivity index (χ0n) is 12.2. The highest BCUT2D eigenvalue weighted by molar-refractivity contribution is 4.93. The molecular weight excluding hydrogens is 370 g/mol. The van der Waals surface area contributed by atoms with Gasteiger partial charge in [0.25, 0.3) is 6.36 Å². The monoisotopic (exact) mass is 382 g/mol. The number of hydrogen-bond donors (Lipinski definition) is 0. The first-order chi connectivity index (χ1) is 10.4. The summed E-state index contributed by atoms with van der Waals surface area (Å²) in [6.07, 6.45) is -22.1. The minimum atomic E-state index is -6.89. The van der Waals surface area contributed by atoms with E-state index in [1.54, 1.807) is 0 Å². The third kappa shape index (κ3) is 3.72. The van der Waals surface area contributed by atoms with E-state index in [0.29, 0.717) is 0 Å². The second-order valence-corrected chi connectivity index (χ2v) is 5.46. The quantitative estimate of drug-likeness (QED) is 0.665. The Bertz CT molecular complexity index is 461. The fraction of sp³-hybridized carbons (Fsp3) is 1.00. The van der Waals surface area contributed by atoms with Gasteiger partial charge in [0.1, 0.15) is 0 Å². The molecule has 1 saturated heterocycles. The van der Waals surface area contributed by atoms with Crippen molar-refractivity contribution >= 4 is 0 Å². The van der Waals surface area contributed by atoms with Crippen molar-refractivity contribution in [2.75, 3.05) is 0 Å². The number of ether oxygens (including phenoxy) is 3. The molecule has 13 heteroatoms. The molecule has 0 aromatic heterocycles. The Morgan fingerprint density at radius 2 is 1.38 bits per heavy atom. The van der Waals surface area contributed by atoms with Crippen molar-refractivity contribution < 1.29 is 58.1 Å². The van der Waals surface area contributed by atoms with Gasteiger partial charge in [-0.15, -0.1) is 0 Å². The molecule has 0 N–H and O–H groups in total. The van der Waals surface area contributed by atoms with Gasteiger partial charge in [-0.2, -0.15) is 39.5 Å². The topological polar surface area (TPSA) is 27.7 Å². The Morgan fingerprint density at radius 1 is 0.917 bits per heavy atom. The van der Waals surface area contributed by atoms with Crippen LogP contribution in [-0.2, 0) is 14.2 Å². The van der Waals surface area contributed by atoms with E-state index < -0.39 is 48.5 Å². The lowest BCUT2D eigenvalue weighted by Gasteiger charge is -2.32. The summed E-state index contributed by atoms with van der Waals surface area (Å²) in [6.45, 7) is 3.16. The van der Waals surface area contributed by atoms with Crippen molar-refractivity contribution in [3.05, 3.63) is 0 Å². The molecule has 1 aliphatic heterocycles. The first-order valence-electron chi connectivity index (χ1n) is 6.23. The molecule has 144 valence electrons. The molecule has 0 radical (unpaired) electrons. The summed E-state index contributed by atoms with van der Waals surface area (Å²) in [6, 6.07) is 0. The smallest absolute Gasteiger partial charge is 0.345 e. The molecule has 24 heavy (non-hydrogen) atoms. The Hall–Kier alpha value is -0.820. The third-order valence-corrected chi connectivity index (χ3v) is 2.96. The van der Waals surface area contributed by atoms with Crippen LogP contribution >= 0.6 is 0 Å². The lowest BCUT2D eigenvalue weighted by molar-refractivity contribution is -0.453. The van der Waals surface area contributed by atoms with Crippen molar-refractivity contribution in [2.45, 2.75) is 69.3 Å². The molecule has 3 unspecified atom stereocenters. The fourth-order valence-corrected chi connectivity index (χ4v) is 1.91. The normalized spacial score (nSPS) is 27.4. The van der Waals surface area contributed by atoms with Gasteiger partial charge < -0.3 is 9.47 Å². The van der Waals surface area contributed by atoms with Crippen LogP contribution in [0.1, 0.15) is 20.8 Å². The molecule has 0 spiro atoms. The van der Waals surface area contributed by atoms with Gasteiger partial charge in [0.15, 0.2) is 11.9 Å². The Balaban J connectivity index is 2.99. The molecule has 1 rings (SSSR count). The van der Waals surface area contributed by atoms with E-state index in [1.807, 2.05) is 0 Å². The molecule has 0 bridgehead atoms. The van der Waals surface area contributed by atoms with E-state index in [4.69, 9.17) is 4.74 Å². The number of halogens is 10. The summed E-state index contributed by atoms with van der Waals surface area (Å²) in [5.74, 6) is -13.6. The lowest BCUT2D eigenvalue weighted by atomic mass is 10.1. The number of alkyl halides is 10. The standard InChI is InChI=1S/C11H12F10O3/c1-4-5(23-7(2,3)22-4)8(13,14)6(12)24-11(20,21)9(15,16)10(17,18)19/h4-6H,1-3H3. The van der Waals surface area contributed by atoms with Gasteiger partial charge in [-0.25, -0.2) is 4.39 Å². The molecule has 0 saturated carbocycles. The number of rotatable bonds is 5. The van der Waals surface area contributed by atoms with E-state index in [9.17, 15) is 43.9 Å². The maximum absolute atomic E-state index is 13.8. The lowest BCUT2D eigenvalue weighted by Crippen LogP contribution is -2.57. The van der Waals surface area contributed by atoms with Gasteiger partial charge >= 0.3 is 24.1 Å². The highest BCUT2D eigenvalue weighted by Crippen LogP contribution is 2.49. The maximum atomic E-state index is 13.8. The van der Waals surface area contributed by atoms with Crippen LogP contribution in [0.4, 0.5) is 43.9 Å². The third-order valence-electron chi connectivity index (χ3n) is 2.96. The largest absolute Gasteiger partial charge is 0.462 e. The number of hydrogen-bond acceptors (Lipinski definition) is 3. The molecule has 0 aromatic rings.